The second-order valence-corrected chi connectivity index (χ2v) is 29.1. The van der Waals surface area contributed by atoms with Gasteiger partial charge in [0.25, 0.3) is 5.69 Å². The van der Waals surface area contributed by atoms with Crippen molar-refractivity contribution in [3.8, 4) is 23.0 Å². The van der Waals surface area contributed by atoms with Crippen LogP contribution in [0.4, 0.5) is 11.4 Å². The highest BCUT2D eigenvalue weighted by atomic mass is 32.1. The fourth-order valence-corrected chi connectivity index (χ4v) is 14.0. The number of fused-ring (bicyclic) bond motifs is 6. The van der Waals surface area contributed by atoms with Crippen molar-refractivity contribution in [2.45, 2.75) is 190 Å². The molecule has 4 aliphatic rings. The first-order chi connectivity index (χ1) is 54.8. The monoisotopic (exact) mass is 1630 g/mol. The molecule has 4 heterocycles. The molecule has 12 amide bonds. The van der Waals surface area contributed by atoms with E-state index >= 15 is 0 Å². The average molecular weight is 1630 g/mol. The quantitative estimate of drug-likeness (QED) is 0.00744. The second-order valence-electron chi connectivity index (χ2n) is 28.7. The first kappa shape index (κ1) is 88.5. The Morgan fingerprint density at radius 3 is 1.89 bits per heavy atom. The number of unbranched alkanes of at least 4 members (excludes halogenated alkanes) is 1. The highest BCUT2D eigenvalue weighted by molar-refractivity contribution is 7.80. The number of benzene rings is 4. The van der Waals surface area contributed by atoms with E-state index in [-0.39, 0.29) is 109 Å². The normalized spacial score (nSPS) is 19.0. The molecule has 2 saturated heterocycles. The number of carboxylic acids is 3. The van der Waals surface area contributed by atoms with Gasteiger partial charge < -0.3 is 110 Å². The predicted octanol–water partition coefficient (Wildman–Crippen LogP) is -0.312. The number of carbonyl (C=O) groups excluding carboxylic acids is 13. The van der Waals surface area contributed by atoms with E-state index in [0.717, 1.165) is 19.1 Å². The number of aliphatic carboxylic acids is 3. The first-order valence-electron chi connectivity index (χ1n) is 37.1. The summed E-state index contributed by atoms with van der Waals surface area (Å²) in [6, 6.07) is 1.65. The van der Waals surface area contributed by atoms with Crippen molar-refractivity contribution < 1.29 is 117 Å². The maximum Gasteiger partial charge on any atom is 0.340 e. The van der Waals surface area contributed by atoms with E-state index in [9.17, 15) is 112 Å². The molecule has 1 spiro atoms. The van der Waals surface area contributed by atoms with Crippen molar-refractivity contribution >= 4 is 123 Å². The van der Waals surface area contributed by atoms with Crippen molar-refractivity contribution in [3.05, 3.63) is 117 Å². The standard InChI is InChI=1S/C75H91N15O25S/c1-35(2)60(88-69(105)55-14-10-28-89(55)37(4)91)70(106)84-50-13-7-5-6-12-49(82-67(103)52(29-38-15-18-40(19-16-38)90(112)113)86-65(101)51(83-63(50)99)25-26-58(76)94)64(100)87-54(34-59(95)96)66(102)79-36(3)62(98)85-53(33-44(71(107)108)72(109)110)68(104)81-48(61(77)97)11-8-9-27-78-74(116)80-39-17-22-45-43(30-39)73(111)115-75(45)46-23-20-41(92)31-56(46)114-57-32-42(93)21-24-47(57)75/h15-24,30-32,35-36,44,48-55,60,92-93H,5-14,25-29,33-34H2,1-4H3,(H2,76,94)(H2,77,97)(H,79,102)(H,81,104)(H,82,103)(H,83,99)(H,84,106)(H,85,98)(H,86,101)(H,87,100)(H,88,105)(H,95,96)(H,107,108)(H,109,110)(H2,78,80,116)/t36-,48-,49-,50-,51-,52-,53-,54-,55-,60-/m0/s1. The predicted molar refractivity (Wildman–Crippen MR) is 408 cm³/mol. The molecule has 0 saturated carbocycles. The number of primary amides is 2. The van der Waals surface area contributed by atoms with Crippen LogP contribution in [0.2, 0.25) is 0 Å². The number of phenolic OH excluding ortho intramolecular Hbond substituents is 2. The van der Waals surface area contributed by atoms with Crippen LogP contribution in [-0.2, 0) is 88.7 Å². The molecule has 40 nitrogen and oxygen atoms in total. The van der Waals surface area contributed by atoms with Gasteiger partial charge in [0.15, 0.2) is 16.6 Å². The SMILES string of the molecule is CC(=O)N1CCC[C@H]1C(=O)N[C@H](C(=O)N[C@H]1CCCCC[C@@H](C(=O)N[C@@H](CC(=O)O)C(=O)N[C@@H](C)C(=O)N[C@@H](CC(C(=O)O)C(=O)O)C(=O)N[C@@H](CCCCNC(=S)Nc2ccc3c(c2)C(=O)OC32c3ccc(O)cc3Oc3cc(O)ccc32)C(N)=O)NC(=O)[C@H](Cc2ccc([N+](=O)[O-])cc2)NC(=O)[C@H](CCC(N)=O)NC1=O)C(C)C. The number of hydrogen-bond donors (Lipinski definition) is 18. The zero-order valence-electron chi connectivity index (χ0n) is 63.3. The third kappa shape index (κ3) is 22.9. The molecular weight excluding hydrogens is 1540 g/mol. The summed E-state index contributed by atoms with van der Waals surface area (Å²) in [5.41, 5.74) is 11.2. The molecule has 4 aromatic carbocycles. The minimum atomic E-state index is -2.38. The molecule has 2 fully saturated rings. The van der Waals surface area contributed by atoms with Gasteiger partial charge in [-0.2, -0.15) is 0 Å². The van der Waals surface area contributed by atoms with Gasteiger partial charge in [-0.3, -0.25) is 82.0 Å². The topological polar surface area (TPSA) is 623 Å². The molecule has 20 N–H and O–H groups in total. The minimum absolute atomic E-state index is 0.0182. The number of nitrogens with one attached hydrogen (secondary N) is 11. The van der Waals surface area contributed by atoms with Crippen molar-refractivity contribution in [1.82, 2.24) is 58.1 Å². The van der Waals surface area contributed by atoms with Crippen molar-refractivity contribution in [2.24, 2.45) is 23.3 Å². The summed E-state index contributed by atoms with van der Waals surface area (Å²) in [6.07, 6.45) is -3.27. The maximum atomic E-state index is 14.6. The number of amides is 12. The van der Waals surface area contributed by atoms with Crippen LogP contribution in [0.25, 0.3) is 0 Å². The fourth-order valence-electron chi connectivity index (χ4n) is 13.7. The summed E-state index contributed by atoms with van der Waals surface area (Å²) >= 11 is 5.52. The molecule has 0 aliphatic carbocycles. The smallest absolute Gasteiger partial charge is 0.340 e. The summed E-state index contributed by atoms with van der Waals surface area (Å²) in [6.45, 7) is 5.97. The van der Waals surface area contributed by atoms with Gasteiger partial charge in [0.2, 0.25) is 70.9 Å². The van der Waals surface area contributed by atoms with Gasteiger partial charge in [-0.05, 0) is 118 Å². The zero-order chi connectivity index (χ0) is 85.2. The van der Waals surface area contributed by atoms with Crippen LogP contribution < -0.4 is 74.7 Å². The molecular formula is C75H91N15O25S. The van der Waals surface area contributed by atoms with E-state index < -0.39 is 204 Å². The van der Waals surface area contributed by atoms with E-state index in [1.54, 1.807) is 38.1 Å². The number of nitro benzene ring substituents is 1. The third-order valence-corrected chi connectivity index (χ3v) is 20.1. The first-order valence-corrected chi connectivity index (χ1v) is 37.5. The molecule has 4 aromatic rings. The van der Waals surface area contributed by atoms with Gasteiger partial charge in [0.05, 0.1) is 16.9 Å². The van der Waals surface area contributed by atoms with Crippen LogP contribution in [0.3, 0.4) is 0 Å². The highest BCUT2D eigenvalue weighted by Gasteiger charge is 2.54. The number of carbonyl (C=O) groups is 16. The molecule has 0 bridgehead atoms. The number of nitrogens with two attached hydrogens (primary N) is 2. The Morgan fingerprint density at radius 1 is 0.672 bits per heavy atom. The van der Waals surface area contributed by atoms with Crippen LogP contribution in [-0.4, -0.2) is 209 Å². The van der Waals surface area contributed by atoms with Crippen molar-refractivity contribution in [1.29, 1.82) is 0 Å². The Morgan fingerprint density at radius 2 is 1.28 bits per heavy atom. The molecule has 116 heavy (non-hydrogen) atoms. The van der Waals surface area contributed by atoms with Crippen molar-refractivity contribution in [3.63, 3.8) is 0 Å². The highest BCUT2D eigenvalue weighted by Crippen LogP contribution is 2.57. The Balaban J connectivity index is 0.931. The Labute approximate surface area is 666 Å². The lowest BCUT2D eigenvalue weighted by molar-refractivity contribution is -0.384. The molecule has 10 atom stereocenters. The molecule has 8 rings (SSSR count). The van der Waals surface area contributed by atoms with Gasteiger partial charge >= 0.3 is 23.9 Å². The van der Waals surface area contributed by atoms with Crippen LogP contribution in [0.15, 0.2) is 78.9 Å². The lowest BCUT2D eigenvalue weighted by Crippen LogP contribution is -2.61. The Bertz CT molecular complexity index is 4460. The van der Waals surface area contributed by atoms with Crippen molar-refractivity contribution in [2.75, 3.05) is 18.4 Å². The summed E-state index contributed by atoms with van der Waals surface area (Å²) < 4.78 is 12.1. The molecule has 41 heteroatoms. The number of hydrogen-bond acceptors (Lipinski definition) is 23. The number of nitro groups is 1. The number of rotatable bonds is 32. The number of nitrogens with zero attached hydrogens (tertiary/aromatic N) is 2. The zero-order valence-corrected chi connectivity index (χ0v) is 64.1. The van der Waals surface area contributed by atoms with E-state index in [4.69, 9.17) is 33.2 Å². The Hall–Kier alpha value is -13.1. The second kappa shape index (κ2) is 39.6. The van der Waals surface area contributed by atoms with Crippen LogP contribution in [0, 0.1) is 22.0 Å². The van der Waals surface area contributed by atoms with E-state index in [1.165, 1.54) is 54.3 Å². The van der Waals surface area contributed by atoms with Gasteiger partial charge in [0.1, 0.15) is 83.4 Å². The van der Waals surface area contributed by atoms with Gasteiger partial charge in [-0.1, -0.05) is 51.3 Å². The maximum absolute atomic E-state index is 14.6. The van der Waals surface area contributed by atoms with E-state index in [2.05, 4.69) is 58.5 Å². The Kier molecular flexibility index (Phi) is 30.2. The van der Waals surface area contributed by atoms with Gasteiger partial charge in [-0.25, -0.2) is 4.79 Å². The number of ether oxygens (including phenoxy) is 2. The number of anilines is 1. The lowest BCUT2D eigenvalue weighted by Gasteiger charge is -2.36. The fraction of sp³-hybridized carbons (Fsp3) is 0.453. The van der Waals surface area contributed by atoms with E-state index in [1.807, 2.05) is 0 Å². The summed E-state index contributed by atoms with van der Waals surface area (Å²) in [5, 5.41) is 89.7. The number of carboxylic acid groups (broad SMARTS) is 3. The van der Waals surface area contributed by atoms with Crippen LogP contribution >= 0.6 is 12.2 Å². The minimum Gasteiger partial charge on any atom is -0.508 e. The van der Waals surface area contributed by atoms with E-state index in [0.29, 0.717) is 41.8 Å². The molecule has 0 unspecified atom stereocenters. The molecule has 0 aromatic heterocycles. The number of phenols is 2. The summed E-state index contributed by atoms with van der Waals surface area (Å²) in [7, 11) is 0. The molecule has 0 radical (unpaired) electrons. The summed E-state index contributed by atoms with van der Waals surface area (Å²) in [4.78, 5) is 228. The number of non-ortho nitro benzene ring substituents is 1. The summed E-state index contributed by atoms with van der Waals surface area (Å²) in [5.74, 6) is -21.6. The van der Waals surface area contributed by atoms with Gasteiger partial charge in [-0.15, -0.1) is 0 Å². The van der Waals surface area contributed by atoms with Gasteiger partial charge in [0, 0.05) is 85.9 Å². The van der Waals surface area contributed by atoms with Crippen LogP contribution in [0.1, 0.15) is 150 Å². The third-order valence-electron chi connectivity index (χ3n) is 19.9. The number of thiocarbonyl (C=S) groups is 1. The number of likely N-dealkylation sites (tertiary alicyclic amines) is 1. The number of esters is 1. The molecule has 4 aliphatic heterocycles. The average Bonchev–Trinajstić information content (AvgIpc) is 1.50. The van der Waals surface area contributed by atoms with Crippen LogP contribution in [0.5, 0.6) is 23.0 Å². The largest absolute Gasteiger partial charge is 0.508 e. The molecule has 622 valence electrons. The lowest BCUT2D eigenvalue weighted by atomic mass is 9.77. The number of aromatic hydroxyl groups is 2.